The molecule has 2 N–H and O–H groups in total. The number of nitrogens with zero attached hydrogens (tertiary/aromatic N) is 1. The first kappa shape index (κ1) is 16.4. The average Bonchev–Trinajstić information content (AvgIpc) is 3.14. The molecule has 4 aliphatic rings. The fraction of sp³-hybridized carbons (Fsp3) is 0.667. The molecular formula is C21H29N3O2. The predicted octanol–water partition coefficient (Wildman–Crippen LogP) is 3.51. The Labute approximate surface area is 155 Å². The molecule has 1 aromatic carbocycles. The zero-order chi connectivity index (χ0) is 17.6. The molecule has 2 aliphatic carbocycles. The Morgan fingerprint density at radius 1 is 0.923 bits per heavy atom. The standard InChI is InChI=1S/C21H29N3O2/c25-19-17-15-16(24-11-13-26-14-12-24)3-4-18(17)22-21(23-19)9-7-20(8-10-21)5-1-2-6-20/h3-4,15,22H,1-2,5-14H2,(H,23,25). The van der Waals surface area contributed by atoms with E-state index in [9.17, 15) is 4.79 Å². The molecule has 0 unspecified atom stereocenters. The lowest BCUT2D eigenvalue weighted by Gasteiger charge is -2.48. The number of carbonyl (C=O) groups is 1. The van der Waals surface area contributed by atoms with Gasteiger partial charge in [0.1, 0.15) is 5.66 Å². The molecule has 5 nitrogen and oxygen atoms in total. The summed E-state index contributed by atoms with van der Waals surface area (Å²) in [6, 6.07) is 6.28. The molecule has 0 atom stereocenters. The van der Waals surface area contributed by atoms with Gasteiger partial charge < -0.3 is 20.3 Å². The molecule has 2 heterocycles. The predicted molar refractivity (Wildman–Crippen MR) is 103 cm³/mol. The van der Waals surface area contributed by atoms with Crippen molar-refractivity contribution < 1.29 is 9.53 Å². The van der Waals surface area contributed by atoms with Gasteiger partial charge in [-0.1, -0.05) is 12.8 Å². The summed E-state index contributed by atoms with van der Waals surface area (Å²) in [5, 5.41) is 7.04. The second kappa shape index (κ2) is 6.15. The molecule has 1 aromatic rings. The number of carbonyl (C=O) groups excluding carboxylic acids is 1. The number of nitrogens with one attached hydrogen (secondary N) is 2. The van der Waals surface area contributed by atoms with Crippen LogP contribution >= 0.6 is 0 Å². The van der Waals surface area contributed by atoms with Gasteiger partial charge in [0, 0.05) is 24.5 Å². The van der Waals surface area contributed by atoms with Crippen LogP contribution in [0.25, 0.3) is 0 Å². The van der Waals surface area contributed by atoms with Gasteiger partial charge in [0.05, 0.1) is 18.8 Å². The summed E-state index contributed by atoms with van der Waals surface area (Å²) < 4.78 is 5.44. The zero-order valence-corrected chi connectivity index (χ0v) is 15.5. The van der Waals surface area contributed by atoms with E-state index in [-0.39, 0.29) is 11.6 Å². The maximum Gasteiger partial charge on any atom is 0.255 e. The van der Waals surface area contributed by atoms with Crippen molar-refractivity contribution in [2.45, 2.75) is 57.0 Å². The first-order valence-corrected chi connectivity index (χ1v) is 10.2. The normalized spacial score (nSPS) is 26.5. The Morgan fingerprint density at radius 2 is 1.65 bits per heavy atom. The van der Waals surface area contributed by atoms with Crippen LogP contribution in [0.5, 0.6) is 0 Å². The molecule has 3 fully saturated rings. The lowest BCUT2D eigenvalue weighted by Crippen LogP contribution is -2.60. The molecule has 0 bridgehead atoms. The summed E-state index contributed by atoms with van der Waals surface area (Å²) in [4.78, 5) is 15.2. The van der Waals surface area contributed by atoms with Gasteiger partial charge in [-0.3, -0.25) is 4.79 Å². The highest BCUT2D eigenvalue weighted by Gasteiger charge is 2.46. The van der Waals surface area contributed by atoms with Crippen molar-refractivity contribution in [1.29, 1.82) is 0 Å². The van der Waals surface area contributed by atoms with Crippen molar-refractivity contribution in [1.82, 2.24) is 5.32 Å². The lowest BCUT2D eigenvalue weighted by molar-refractivity contribution is 0.0789. The third kappa shape index (κ3) is 2.77. The summed E-state index contributed by atoms with van der Waals surface area (Å²) in [5.41, 5.74) is 3.22. The first-order chi connectivity index (χ1) is 12.7. The van der Waals surface area contributed by atoms with Gasteiger partial charge in [-0.15, -0.1) is 0 Å². The Bertz CT molecular complexity index is 695. The van der Waals surface area contributed by atoms with Crippen molar-refractivity contribution in [2.75, 3.05) is 36.5 Å². The first-order valence-electron chi connectivity index (χ1n) is 10.2. The molecule has 5 rings (SSSR count). The summed E-state index contributed by atoms with van der Waals surface area (Å²) in [5.74, 6) is 0.0798. The number of hydrogen-bond donors (Lipinski definition) is 2. The number of ether oxygens (including phenoxy) is 1. The molecule has 2 saturated carbocycles. The quantitative estimate of drug-likeness (QED) is 0.809. The summed E-state index contributed by atoms with van der Waals surface area (Å²) in [6.45, 7) is 3.29. The van der Waals surface area contributed by atoms with E-state index >= 15 is 0 Å². The number of amides is 1. The van der Waals surface area contributed by atoms with Crippen LogP contribution in [0.15, 0.2) is 18.2 Å². The topological polar surface area (TPSA) is 53.6 Å². The number of morpholine rings is 1. The molecule has 0 radical (unpaired) electrons. The third-order valence-electron chi connectivity index (χ3n) is 7.18. The highest BCUT2D eigenvalue weighted by Crippen LogP contribution is 2.52. The van der Waals surface area contributed by atoms with Crippen LogP contribution in [-0.4, -0.2) is 37.9 Å². The van der Waals surface area contributed by atoms with E-state index in [2.05, 4.69) is 27.7 Å². The zero-order valence-electron chi connectivity index (χ0n) is 15.5. The van der Waals surface area contributed by atoms with Crippen LogP contribution in [-0.2, 0) is 4.74 Å². The molecule has 26 heavy (non-hydrogen) atoms. The minimum atomic E-state index is -0.238. The van der Waals surface area contributed by atoms with Gasteiger partial charge in [0.2, 0.25) is 0 Å². The van der Waals surface area contributed by atoms with Crippen LogP contribution in [0.4, 0.5) is 11.4 Å². The second-order valence-electron chi connectivity index (χ2n) is 8.70. The number of hydrogen-bond acceptors (Lipinski definition) is 4. The number of anilines is 2. The molecule has 5 heteroatoms. The summed E-state index contributed by atoms with van der Waals surface area (Å²) in [6.07, 6.45) is 10.1. The molecule has 140 valence electrons. The molecule has 2 aliphatic heterocycles. The fourth-order valence-corrected chi connectivity index (χ4v) is 5.50. The number of rotatable bonds is 1. The van der Waals surface area contributed by atoms with Crippen molar-refractivity contribution in [3.05, 3.63) is 23.8 Å². The average molecular weight is 355 g/mol. The number of fused-ring (bicyclic) bond motifs is 1. The van der Waals surface area contributed by atoms with Gasteiger partial charge in [-0.05, 0) is 62.1 Å². The van der Waals surface area contributed by atoms with Crippen molar-refractivity contribution in [2.24, 2.45) is 5.41 Å². The SMILES string of the molecule is O=C1NC2(CCC3(CCCC3)CC2)Nc2ccc(N3CCOCC3)cc21. The van der Waals surface area contributed by atoms with Crippen LogP contribution in [0.1, 0.15) is 61.7 Å². The van der Waals surface area contributed by atoms with Crippen LogP contribution in [0, 0.1) is 5.41 Å². The molecular weight excluding hydrogens is 326 g/mol. The maximum absolute atomic E-state index is 12.9. The summed E-state index contributed by atoms with van der Waals surface area (Å²) >= 11 is 0. The lowest BCUT2D eigenvalue weighted by atomic mass is 9.68. The van der Waals surface area contributed by atoms with E-state index in [1.54, 1.807) is 0 Å². The van der Waals surface area contributed by atoms with E-state index in [1.807, 2.05) is 6.07 Å². The maximum atomic E-state index is 12.9. The molecule has 1 saturated heterocycles. The third-order valence-corrected chi connectivity index (χ3v) is 7.18. The van der Waals surface area contributed by atoms with Crippen molar-refractivity contribution in [3.63, 3.8) is 0 Å². The summed E-state index contributed by atoms with van der Waals surface area (Å²) in [7, 11) is 0. The van der Waals surface area contributed by atoms with Crippen LogP contribution in [0.2, 0.25) is 0 Å². The molecule has 2 spiro atoms. The van der Waals surface area contributed by atoms with Gasteiger partial charge in [-0.25, -0.2) is 0 Å². The van der Waals surface area contributed by atoms with Gasteiger partial charge in [-0.2, -0.15) is 0 Å². The van der Waals surface area contributed by atoms with E-state index < -0.39 is 0 Å². The second-order valence-corrected chi connectivity index (χ2v) is 8.70. The van der Waals surface area contributed by atoms with Gasteiger partial charge in [0.15, 0.2) is 0 Å². The Hall–Kier alpha value is -1.75. The minimum Gasteiger partial charge on any atom is -0.378 e. The smallest absolute Gasteiger partial charge is 0.255 e. The Morgan fingerprint density at radius 3 is 2.38 bits per heavy atom. The van der Waals surface area contributed by atoms with Crippen LogP contribution < -0.4 is 15.5 Å². The van der Waals surface area contributed by atoms with Crippen LogP contribution in [0.3, 0.4) is 0 Å². The van der Waals surface area contributed by atoms with E-state index in [1.165, 1.54) is 38.5 Å². The van der Waals surface area contributed by atoms with E-state index in [0.717, 1.165) is 56.1 Å². The van der Waals surface area contributed by atoms with E-state index in [4.69, 9.17) is 4.74 Å². The number of benzene rings is 1. The van der Waals surface area contributed by atoms with Gasteiger partial charge >= 0.3 is 0 Å². The highest BCUT2D eigenvalue weighted by molar-refractivity contribution is 6.03. The molecule has 1 amide bonds. The fourth-order valence-electron chi connectivity index (χ4n) is 5.50. The van der Waals surface area contributed by atoms with Crippen molar-refractivity contribution in [3.8, 4) is 0 Å². The monoisotopic (exact) mass is 355 g/mol. The minimum absolute atomic E-state index is 0.0798. The molecule has 0 aromatic heterocycles. The highest BCUT2D eigenvalue weighted by atomic mass is 16.5. The Balaban J connectivity index is 1.35. The Kier molecular flexibility index (Phi) is 3.89. The van der Waals surface area contributed by atoms with E-state index in [0.29, 0.717) is 5.41 Å². The van der Waals surface area contributed by atoms with Gasteiger partial charge in [0.25, 0.3) is 5.91 Å². The van der Waals surface area contributed by atoms with Crippen molar-refractivity contribution >= 4 is 17.3 Å². The largest absolute Gasteiger partial charge is 0.378 e.